The van der Waals surface area contributed by atoms with Crippen LogP contribution in [-0.2, 0) is 16.4 Å². The van der Waals surface area contributed by atoms with Crippen LogP contribution in [0.3, 0.4) is 0 Å². The first kappa shape index (κ1) is 16.9. The molecule has 3 fully saturated rings. The van der Waals surface area contributed by atoms with Crippen LogP contribution in [0.4, 0.5) is 4.79 Å². The third-order valence-corrected chi connectivity index (χ3v) is 7.27. The molecule has 1 aromatic rings. The van der Waals surface area contributed by atoms with Gasteiger partial charge in [-0.25, -0.2) is 13.2 Å². The van der Waals surface area contributed by atoms with Gasteiger partial charge in [0.2, 0.25) is 0 Å². The second-order valence-corrected chi connectivity index (χ2v) is 9.52. The van der Waals surface area contributed by atoms with Gasteiger partial charge in [-0.2, -0.15) is 0 Å². The average molecular weight is 367 g/mol. The molecule has 0 spiro atoms. The molecule has 4 rings (SSSR count). The number of likely N-dealkylation sites (tertiary alicyclic amines) is 1. The van der Waals surface area contributed by atoms with E-state index in [9.17, 15) is 13.2 Å². The zero-order valence-electron chi connectivity index (χ0n) is 14.6. The predicted molar refractivity (Wildman–Crippen MR) is 93.0 cm³/mol. The predicted octanol–water partition coefficient (Wildman–Crippen LogP) is 1.09. The second kappa shape index (κ2) is 6.32. The van der Waals surface area contributed by atoms with Crippen LogP contribution in [0.2, 0.25) is 0 Å². The van der Waals surface area contributed by atoms with Crippen molar-refractivity contribution in [2.45, 2.75) is 38.4 Å². The topological polar surface area (TPSA) is 74.1 Å². The molecule has 138 valence electrons. The van der Waals surface area contributed by atoms with Gasteiger partial charge in [-0.15, -0.1) is 0 Å². The molecular weight excluding hydrogens is 342 g/mol. The number of fused-ring (bicyclic) bond motifs is 1. The van der Waals surface area contributed by atoms with Crippen molar-refractivity contribution in [1.82, 2.24) is 14.7 Å². The number of carbonyl (C=O) groups excluding carboxylic acids is 1. The van der Waals surface area contributed by atoms with E-state index in [4.69, 9.17) is 4.42 Å². The fourth-order valence-electron chi connectivity index (χ4n) is 4.32. The van der Waals surface area contributed by atoms with E-state index in [0.29, 0.717) is 19.6 Å². The van der Waals surface area contributed by atoms with E-state index in [1.807, 2.05) is 28.9 Å². The van der Waals surface area contributed by atoms with Crippen molar-refractivity contribution >= 4 is 15.9 Å². The Balaban J connectivity index is 1.54. The van der Waals surface area contributed by atoms with Gasteiger partial charge in [0.05, 0.1) is 24.1 Å². The molecule has 0 unspecified atom stereocenters. The molecule has 7 nitrogen and oxygen atoms in total. The lowest BCUT2D eigenvalue weighted by Crippen LogP contribution is -2.62. The lowest BCUT2D eigenvalue weighted by atomic mass is 10.0. The highest BCUT2D eigenvalue weighted by Crippen LogP contribution is 2.29. The summed E-state index contributed by atoms with van der Waals surface area (Å²) in [6.07, 6.45) is 2.08. The number of carbonyl (C=O) groups is 1. The second-order valence-electron chi connectivity index (χ2n) is 7.36. The summed E-state index contributed by atoms with van der Waals surface area (Å²) in [6.45, 7) is 5.32. The molecule has 0 N–H and O–H groups in total. The highest BCUT2D eigenvalue weighted by atomic mass is 32.2. The quantitative estimate of drug-likeness (QED) is 0.782. The fourth-order valence-corrected chi connectivity index (χ4v) is 6.33. The monoisotopic (exact) mass is 367 g/mol. The number of urea groups is 1. The summed E-state index contributed by atoms with van der Waals surface area (Å²) in [5.41, 5.74) is 0. The number of sulfone groups is 1. The molecule has 3 aliphatic rings. The summed E-state index contributed by atoms with van der Waals surface area (Å²) in [4.78, 5) is 18.7. The van der Waals surface area contributed by atoms with Gasteiger partial charge in [0, 0.05) is 32.2 Å². The van der Waals surface area contributed by atoms with Crippen LogP contribution < -0.4 is 0 Å². The van der Waals surface area contributed by atoms with Crippen molar-refractivity contribution < 1.29 is 17.6 Å². The minimum Gasteiger partial charge on any atom is -0.465 e. The summed E-state index contributed by atoms with van der Waals surface area (Å²) < 4.78 is 30.2. The molecule has 3 aliphatic heterocycles. The molecule has 1 aromatic heterocycles. The Bertz CT molecular complexity index is 754. The maximum Gasteiger partial charge on any atom is 0.320 e. The highest BCUT2D eigenvalue weighted by Gasteiger charge is 2.48. The highest BCUT2D eigenvalue weighted by molar-refractivity contribution is 7.91. The van der Waals surface area contributed by atoms with E-state index >= 15 is 0 Å². The molecule has 0 aliphatic carbocycles. The van der Waals surface area contributed by atoms with Gasteiger partial charge in [-0.1, -0.05) is 0 Å². The van der Waals surface area contributed by atoms with Crippen LogP contribution in [0.5, 0.6) is 0 Å². The molecule has 0 bridgehead atoms. The Morgan fingerprint density at radius 2 is 1.84 bits per heavy atom. The summed E-state index contributed by atoms with van der Waals surface area (Å²) >= 11 is 0. The third kappa shape index (κ3) is 3.29. The number of nitrogens with zero attached hydrogens (tertiary/aromatic N) is 3. The smallest absolute Gasteiger partial charge is 0.320 e. The van der Waals surface area contributed by atoms with E-state index < -0.39 is 9.84 Å². The van der Waals surface area contributed by atoms with Crippen LogP contribution in [0, 0.1) is 6.92 Å². The molecule has 2 amide bonds. The SMILES string of the molecule is Cc1ccc(CN2CCN(C(=O)N3CCCC3)[C@H]3CS(=O)(=O)C[C@H]32)o1. The summed E-state index contributed by atoms with van der Waals surface area (Å²) in [5.74, 6) is 1.90. The largest absolute Gasteiger partial charge is 0.465 e. The summed E-state index contributed by atoms with van der Waals surface area (Å²) in [7, 11) is -3.12. The number of amides is 2. The Morgan fingerprint density at radius 1 is 1.12 bits per heavy atom. The van der Waals surface area contributed by atoms with E-state index in [0.717, 1.165) is 37.5 Å². The molecule has 0 aromatic carbocycles. The molecule has 0 radical (unpaired) electrons. The number of piperazine rings is 1. The zero-order chi connectivity index (χ0) is 17.6. The number of rotatable bonds is 2. The van der Waals surface area contributed by atoms with Gasteiger partial charge < -0.3 is 14.2 Å². The van der Waals surface area contributed by atoms with Gasteiger partial charge >= 0.3 is 6.03 Å². The molecule has 8 heteroatoms. The fraction of sp³-hybridized carbons (Fsp3) is 0.706. The maximum atomic E-state index is 12.8. The van der Waals surface area contributed by atoms with Gasteiger partial charge in [0.25, 0.3) is 0 Å². The van der Waals surface area contributed by atoms with Crippen LogP contribution in [-0.4, -0.2) is 78.9 Å². The first-order valence-electron chi connectivity index (χ1n) is 8.98. The van der Waals surface area contributed by atoms with Gasteiger partial charge in [0.1, 0.15) is 11.5 Å². The minimum absolute atomic E-state index is 0.0121. The number of aryl methyl sites for hydroxylation is 1. The van der Waals surface area contributed by atoms with Crippen molar-refractivity contribution in [2.75, 3.05) is 37.7 Å². The lowest BCUT2D eigenvalue weighted by molar-refractivity contribution is 0.0459. The standard InChI is InChI=1S/C17H25N3O4S/c1-13-4-5-14(24-13)10-19-8-9-20(17(21)18-6-2-3-7-18)16-12-25(22,23)11-15(16)19/h4-5,15-16H,2-3,6-12H2,1H3/t15-,16+/m1/s1. The van der Waals surface area contributed by atoms with Gasteiger partial charge in [-0.05, 0) is 31.9 Å². The third-order valence-electron chi connectivity index (χ3n) is 5.57. The molecule has 4 heterocycles. The van der Waals surface area contributed by atoms with Crippen molar-refractivity contribution in [1.29, 1.82) is 0 Å². The van der Waals surface area contributed by atoms with Crippen LogP contribution in [0.25, 0.3) is 0 Å². The van der Waals surface area contributed by atoms with Crippen LogP contribution in [0.1, 0.15) is 24.4 Å². The molecule has 0 saturated carbocycles. The normalized spacial score (nSPS) is 29.2. The molecule has 3 saturated heterocycles. The Hall–Kier alpha value is -1.54. The van der Waals surface area contributed by atoms with Crippen LogP contribution in [0.15, 0.2) is 16.5 Å². The first-order chi connectivity index (χ1) is 11.9. The molecule has 25 heavy (non-hydrogen) atoms. The number of furan rings is 1. The van der Waals surface area contributed by atoms with E-state index in [1.54, 1.807) is 0 Å². The summed E-state index contributed by atoms with van der Waals surface area (Å²) in [6, 6.07) is 3.48. The number of hydrogen-bond donors (Lipinski definition) is 0. The van der Waals surface area contributed by atoms with Crippen molar-refractivity contribution in [3.8, 4) is 0 Å². The van der Waals surface area contributed by atoms with E-state index in [1.165, 1.54) is 0 Å². The Kier molecular flexibility index (Phi) is 4.27. The maximum absolute atomic E-state index is 12.8. The van der Waals surface area contributed by atoms with E-state index in [-0.39, 0.29) is 29.6 Å². The van der Waals surface area contributed by atoms with Crippen molar-refractivity contribution in [3.05, 3.63) is 23.7 Å². The summed E-state index contributed by atoms with van der Waals surface area (Å²) in [5, 5.41) is 0. The van der Waals surface area contributed by atoms with Gasteiger partial charge in [-0.3, -0.25) is 4.90 Å². The van der Waals surface area contributed by atoms with Crippen LogP contribution >= 0.6 is 0 Å². The lowest BCUT2D eigenvalue weighted by Gasteiger charge is -2.44. The Labute approximate surface area is 148 Å². The number of hydrogen-bond acceptors (Lipinski definition) is 5. The van der Waals surface area contributed by atoms with E-state index in [2.05, 4.69) is 4.90 Å². The first-order valence-corrected chi connectivity index (χ1v) is 10.8. The molecular formula is C17H25N3O4S. The molecule has 2 atom stereocenters. The minimum atomic E-state index is -3.12. The van der Waals surface area contributed by atoms with Gasteiger partial charge in [0.15, 0.2) is 9.84 Å². The Morgan fingerprint density at radius 3 is 2.52 bits per heavy atom. The van der Waals surface area contributed by atoms with Crippen molar-refractivity contribution in [3.63, 3.8) is 0 Å². The van der Waals surface area contributed by atoms with Crippen molar-refractivity contribution in [2.24, 2.45) is 0 Å². The zero-order valence-corrected chi connectivity index (χ0v) is 15.4. The average Bonchev–Trinajstić information content (AvgIpc) is 3.26.